The van der Waals surface area contributed by atoms with Crippen molar-refractivity contribution in [2.24, 2.45) is 0 Å². The summed E-state index contributed by atoms with van der Waals surface area (Å²) in [6.45, 7) is 0. The maximum absolute atomic E-state index is 12.1. The molecule has 3 amide bonds. The highest BCUT2D eigenvalue weighted by Crippen LogP contribution is 2.13. The molecule has 1 aromatic carbocycles. The van der Waals surface area contributed by atoms with Crippen LogP contribution in [0.2, 0.25) is 0 Å². The van der Waals surface area contributed by atoms with Gasteiger partial charge in [-0.2, -0.15) is 0 Å². The SMILES string of the molecule is Nc1ccc(C=O)c(C(=O)NC2CCC(=O)NC2=O)c1. The van der Waals surface area contributed by atoms with E-state index in [1.807, 2.05) is 0 Å². The Morgan fingerprint density at radius 1 is 1.40 bits per heavy atom. The zero-order valence-corrected chi connectivity index (χ0v) is 10.5. The molecule has 7 heteroatoms. The van der Waals surface area contributed by atoms with Gasteiger partial charge in [-0.1, -0.05) is 0 Å². The molecule has 104 valence electrons. The van der Waals surface area contributed by atoms with E-state index in [9.17, 15) is 19.2 Å². The number of benzene rings is 1. The Hall–Kier alpha value is -2.70. The number of imide groups is 1. The molecule has 0 aliphatic carbocycles. The van der Waals surface area contributed by atoms with Crippen LogP contribution in [0.15, 0.2) is 18.2 Å². The van der Waals surface area contributed by atoms with Crippen LogP contribution < -0.4 is 16.4 Å². The van der Waals surface area contributed by atoms with Crippen molar-refractivity contribution in [2.75, 3.05) is 5.73 Å². The number of hydrogen-bond acceptors (Lipinski definition) is 5. The van der Waals surface area contributed by atoms with E-state index in [1.54, 1.807) is 0 Å². The van der Waals surface area contributed by atoms with E-state index in [4.69, 9.17) is 5.73 Å². The fraction of sp³-hybridized carbons (Fsp3) is 0.231. The van der Waals surface area contributed by atoms with Crippen molar-refractivity contribution in [1.82, 2.24) is 10.6 Å². The van der Waals surface area contributed by atoms with Crippen LogP contribution in [0, 0.1) is 0 Å². The lowest BCUT2D eigenvalue weighted by Gasteiger charge is -2.22. The first kappa shape index (κ1) is 13.7. The second kappa shape index (κ2) is 5.52. The number of amides is 3. The number of rotatable bonds is 3. The zero-order valence-electron chi connectivity index (χ0n) is 10.5. The van der Waals surface area contributed by atoms with E-state index in [-0.39, 0.29) is 29.9 Å². The maximum Gasteiger partial charge on any atom is 0.252 e. The molecule has 1 aliphatic heterocycles. The summed E-state index contributed by atoms with van der Waals surface area (Å²) in [6, 6.07) is 3.51. The first-order valence-corrected chi connectivity index (χ1v) is 6.00. The molecular weight excluding hydrogens is 262 g/mol. The predicted molar refractivity (Wildman–Crippen MR) is 69.9 cm³/mol. The number of carbonyl (C=O) groups excluding carboxylic acids is 4. The molecule has 0 radical (unpaired) electrons. The highest BCUT2D eigenvalue weighted by Gasteiger charge is 2.28. The largest absolute Gasteiger partial charge is 0.399 e. The topological polar surface area (TPSA) is 118 Å². The van der Waals surface area contributed by atoms with Crippen LogP contribution in [0.3, 0.4) is 0 Å². The lowest BCUT2D eigenvalue weighted by Crippen LogP contribution is -2.52. The van der Waals surface area contributed by atoms with Gasteiger partial charge < -0.3 is 11.1 Å². The summed E-state index contributed by atoms with van der Waals surface area (Å²) in [7, 11) is 0. The predicted octanol–water partition coefficient (Wildman–Crippen LogP) is -0.384. The molecule has 1 unspecified atom stereocenters. The monoisotopic (exact) mass is 275 g/mol. The number of hydrogen-bond donors (Lipinski definition) is 3. The molecule has 1 atom stereocenters. The molecule has 1 aliphatic rings. The van der Waals surface area contributed by atoms with Gasteiger partial charge in [0.05, 0.1) is 5.56 Å². The van der Waals surface area contributed by atoms with Gasteiger partial charge in [-0.15, -0.1) is 0 Å². The molecule has 1 saturated heterocycles. The number of anilines is 1. The first-order valence-electron chi connectivity index (χ1n) is 6.00. The van der Waals surface area contributed by atoms with Crippen molar-refractivity contribution in [3.8, 4) is 0 Å². The van der Waals surface area contributed by atoms with Gasteiger partial charge in [0, 0.05) is 17.7 Å². The Morgan fingerprint density at radius 2 is 2.15 bits per heavy atom. The van der Waals surface area contributed by atoms with Crippen molar-refractivity contribution in [3.05, 3.63) is 29.3 Å². The van der Waals surface area contributed by atoms with Crippen LogP contribution in [0.5, 0.6) is 0 Å². The normalized spacial score (nSPS) is 18.3. The fourth-order valence-electron chi connectivity index (χ4n) is 1.94. The van der Waals surface area contributed by atoms with Gasteiger partial charge in [0.2, 0.25) is 11.8 Å². The molecule has 7 nitrogen and oxygen atoms in total. The molecule has 1 aromatic rings. The molecule has 1 heterocycles. The second-order valence-electron chi connectivity index (χ2n) is 4.44. The van der Waals surface area contributed by atoms with Crippen molar-refractivity contribution in [2.45, 2.75) is 18.9 Å². The summed E-state index contributed by atoms with van der Waals surface area (Å²) < 4.78 is 0. The molecule has 4 N–H and O–H groups in total. The van der Waals surface area contributed by atoms with Crippen LogP contribution in [-0.2, 0) is 9.59 Å². The minimum absolute atomic E-state index is 0.102. The van der Waals surface area contributed by atoms with E-state index in [0.717, 1.165) is 0 Å². The quantitative estimate of drug-likeness (QED) is 0.394. The summed E-state index contributed by atoms with van der Waals surface area (Å²) in [6.07, 6.45) is 0.933. The van der Waals surface area contributed by atoms with Crippen LogP contribution in [0.1, 0.15) is 33.6 Å². The van der Waals surface area contributed by atoms with Gasteiger partial charge in [0.25, 0.3) is 5.91 Å². The lowest BCUT2D eigenvalue weighted by molar-refractivity contribution is -0.134. The Kier molecular flexibility index (Phi) is 3.79. The Balaban J connectivity index is 2.16. The average Bonchev–Trinajstić information content (AvgIpc) is 2.41. The standard InChI is InChI=1S/C13H13N3O4/c14-8-2-1-7(6-17)9(5-8)12(19)15-10-3-4-11(18)16-13(10)20/h1-2,5-6,10H,3-4,14H2,(H,15,19)(H,16,18,20). The van der Waals surface area contributed by atoms with Gasteiger partial charge in [-0.25, -0.2) is 0 Å². The van der Waals surface area contributed by atoms with E-state index >= 15 is 0 Å². The summed E-state index contributed by atoms with van der Waals surface area (Å²) in [4.78, 5) is 45.5. The first-order chi connectivity index (χ1) is 9.51. The van der Waals surface area contributed by atoms with E-state index in [0.29, 0.717) is 12.0 Å². The summed E-state index contributed by atoms with van der Waals surface area (Å²) in [5, 5.41) is 4.63. The molecule has 2 rings (SSSR count). The Labute approximate surface area is 114 Å². The molecule has 20 heavy (non-hydrogen) atoms. The number of piperidine rings is 1. The van der Waals surface area contributed by atoms with Gasteiger partial charge >= 0.3 is 0 Å². The molecule has 0 saturated carbocycles. The number of aldehydes is 1. The highest BCUT2D eigenvalue weighted by atomic mass is 16.2. The highest BCUT2D eigenvalue weighted by molar-refractivity contribution is 6.06. The van der Waals surface area contributed by atoms with Crippen LogP contribution >= 0.6 is 0 Å². The Morgan fingerprint density at radius 3 is 2.80 bits per heavy atom. The fourth-order valence-corrected chi connectivity index (χ4v) is 1.94. The molecule has 0 bridgehead atoms. The maximum atomic E-state index is 12.1. The van der Waals surface area contributed by atoms with E-state index < -0.39 is 17.9 Å². The summed E-state index contributed by atoms with van der Waals surface area (Å²) in [5.74, 6) is -1.49. The lowest BCUT2D eigenvalue weighted by atomic mass is 10.0. The minimum Gasteiger partial charge on any atom is -0.399 e. The van der Waals surface area contributed by atoms with Crippen LogP contribution in [0.4, 0.5) is 5.69 Å². The average molecular weight is 275 g/mol. The summed E-state index contributed by atoms with van der Waals surface area (Å²) >= 11 is 0. The third-order valence-electron chi connectivity index (χ3n) is 2.99. The summed E-state index contributed by atoms with van der Waals surface area (Å²) in [5.41, 5.74) is 6.20. The number of nitrogen functional groups attached to an aromatic ring is 1. The van der Waals surface area contributed by atoms with Crippen molar-refractivity contribution in [1.29, 1.82) is 0 Å². The number of nitrogens with one attached hydrogen (secondary N) is 2. The zero-order chi connectivity index (χ0) is 14.7. The van der Waals surface area contributed by atoms with Crippen LogP contribution in [0.25, 0.3) is 0 Å². The minimum atomic E-state index is -0.791. The van der Waals surface area contributed by atoms with Crippen molar-refractivity contribution >= 4 is 29.7 Å². The third kappa shape index (κ3) is 2.82. The molecule has 0 spiro atoms. The Bertz CT molecular complexity index is 597. The van der Waals surface area contributed by atoms with Crippen LogP contribution in [-0.4, -0.2) is 30.0 Å². The second-order valence-corrected chi connectivity index (χ2v) is 4.44. The molecular formula is C13H13N3O4. The smallest absolute Gasteiger partial charge is 0.252 e. The van der Waals surface area contributed by atoms with E-state index in [1.165, 1.54) is 18.2 Å². The van der Waals surface area contributed by atoms with Gasteiger partial charge in [0.15, 0.2) is 6.29 Å². The van der Waals surface area contributed by atoms with Gasteiger partial charge in [0.1, 0.15) is 6.04 Å². The van der Waals surface area contributed by atoms with Crippen molar-refractivity contribution < 1.29 is 19.2 Å². The third-order valence-corrected chi connectivity index (χ3v) is 2.99. The molecule has 1 fully saturated rings. The van der Waals surface area contributed by atoms with Gasteiger partial charge in [-0.05, 0) is 24.6 Å². The number of nitrogens with two attached hydrogens (primary N) is 1. The van der Waals surface area contributed by atoms with Crippen molar-refractivity contribution in [3.63, 3.8) is 0 Å². The van der Waals surface area contributed by atoms with Gasteiger partial charge in [-0.3, -0.25) is 24.5 Å². The van der Waals surface area contributed by atoms with E-state index in [2.05, 4.69) is 10.6 Å². The molecule has 0 aromatic heterocycles. The number of carbonyl (C=O) groups is 4.